The van der Waals surface area contributed by atoms with Gasteiger partial charge in [-0.2, -0.15) is 5.26 Å². The summed E-state index contributed by atoms with van der Waals surface area (Å²) in [7, 11) is 0. The molecule has 0 saturated heterocycles. The Bertz CT molecular complexity index is 229. The first-order valence-electron chi connectivity index (χ1n) is 4.17. The number of hydrogen-bond acceptors (Lipinski definition) is 3. The lowest BCUT2D eigenvalue weighted by molar-refractivity contribution is -0.117. The molecule has 0 aliphatic heterocycles. The number of nitrogens with zero attached hydrogens (tertiary/aromatic N) is 2. The van der Waals surface area contributed by atoms with Crippen LogP contribution in [0.3, 0.4) is 0 Å². The van der Waals surface area contributed by atoms with Gasteiger partial charge in [-0.05, 0) is 6.42 Å². The van der Waals surface area contributed by atoms with E-state index in [0.717, 1.165) is 12.8 Å². The Morgan fingerprint density at radius 1 is 1.62 bits per heavy atom. The highest BCUT2D eigenvalue weighted by Crippen LogP contribution is 1.86. The molecule has 13 heavy (non-hydrogen) atoms. The largest absolute Gasteiger partial charge is 0.296 e. The van der Waals surface area contributed by atoms with Crippen LogP contribution in [0.15, 0.2) is 4.99 Å². The minimum absolute atomic E-state index is 0.225. The number of unbranched alkanes of at least 4 members (excludes halogenated alkanes) is 1. The number of nitriles is 1. The first-order valence-corrected chi connectivity index (χ1v) is 4.17. The van der Waals surface area contributed by atoms with Gasteiger partial charge in [0.05, 0.1) is 0 Å². The fourth-order valence-corrected chi connectivity index (χ4v) is 0.679. The second-order valence-electron chi connectivity index (χ2n) is 2.50. The van der Waals surface area contributed by atoms with Crippen LogP contribution >= 0.6 is 0 Å². The molecule has 0 aromatic rings. The van der Waals surface area contributed by atoms with Gasteiger partial charge in [0.2, 0.25) is 11.9 Å². The predicted molar refractivity (Wildman–Crippen MR) is 49.8 cm³/mol. The van der Waals surface area contributed by atoms with E-state index in [1.165, 1.54) is 6.92 Å². The van der Waals surface area contributed by atoms with Crippen molar-refractivity contribution in [3.8, 4) is 6.19 Å². The molecule has 5 nitrogen and oxygen atoms in total. The van der Waals surface area contributed by atoms with Crippen LogP contribution < -0.4 is 10.6 Å². The zero-order valence-electron chi connectivity index (χ0n) is 7.92. The molecule has 0 aliphatic rings. The van der Waals surface area contributed by atoms with E-state index in [2.05, 4.69) is 15.6 Å². The van der Waals surface area contributed by atoms with Gasteiger partial charge < -0.3 is 0 Å². The molecule has 5 heteroatoms. The number of nitrogens with one attached hydrogen (secondary N) is 2. The van der Waals surface area contributed by atoms with Gasteiger partial charge in [0.1, 0.15) is 0 Å². The third kappa shape index (κ3) is 6.81. The van der Waals surface area contributed by atoms with Crippen molar-refractivity contribution in [1.82, 2.24) is 10.6 Å². The van der Waals surface area contributed by atoms with E-state index in [4.69, 9.17) is 5.26 Å². The third-order valence-electron chi connectivity index (χ3n) is 1.25. The van der Waals surface area contributed by atoms with E-state index in [1.54, 1.807) is 6.19 Å². The lowest BCUT2D eigenvalue weighted by atomic mass is 10.3. The van der Waals surface area contributed by atoms with Crippen molar-refractivity contribution in [2.24, 2.45) is 4.99 Å². The topological polar surface area (TPSA) is 77.3 Å². The lowest BCUT2D eigenvalue weighted by Crippen LogP contribution is -2.37. The van der Waals surface area contributed by atoms with Crippen LogP contribution in [0.25, 0.3) is 0 Å². The van der Waals surface area contributed by atoms with Crippen LogP contribution in [0.1, 0.15) is 26.7 Å². The van der Waals surface area contributed by atoms with Crippen molar-refractivity contribution in [1.29, 1.82) is 5.26 Å². The third-order valence-corrected chi connectivity index (χ3v) is 1.25. The van der Waals surface area contributed by atoms with E-state index in [9.17, 15) is 4.79 Å². The molecule has 1 amide bonds. The van der Waals surface area contributed by atoms with Gasteiger partial charge in [-0.25, -0.2) is 0 Å². The maximum absolute atomic E-state index is 10.6. The van der Waals surface area contributed by atoms with E-state index >= 15 is 0 Å². The van der Waals surface area contributed by atoms with Crippen molar-refractivity contribution in [3.05, 3.63) is 0 Å². The summed E-state index contributed by atoms with van der Waals surface area (Å²) in [5.41, 5.74) is 0. The van der Waals surface area contributed by atoms with Crippen molar-refractivity contribution in [3.63, 3.8) is 0 Å². The molecule has 0 unspecified atom stereocenters. The molecule has 0 spiro atoms. The minimum atomic E-state index is -0.238. The van der Waals surface area contributed by atoms with Gasteiger partial charge in [-0.3, -0.25) is 20.4 Å². The molecule has 2 N–H and O–H groups in total. The molecule has 0 heterocycles. The van der Waals surface area contributed by atoms with Gasteiger partial charge in [-0.1, -0.05) is 13.3 Å². The average Bonchev–Trinajstić information content (AvgIpc) is 2.04. The number of amides is 1. The minimum Gasteiger partial charge on any atom is -0.296 e. The molecule has 0 saturated carbocycles. The zero-order chi connectivity index (χ0) is 10.1. The summed E-state index contributed by atoms with van der Waals surface area (Å²) >= 11 is 0. The maximum atomic E-state index is 10.6. The molecule has 0 fully saturated rings. The molecule has 72 valence electrons. The van der Waals surface area contributed by atoms with Gasteiger partial charge >= 0.3 is 0 Å². The Kier molecular flexibility index (Phi) is 6.24. The van der Waals surface area contributed by atoms with Crippen LogP contribution in [-0.2, 0) is 4.79 Å². The van der Waals surface area contributed by atoms with Gasteiger partial charge in [0, 0.05) is 13.5 Å². The summed E-state index contributed by atoms with van der Waals surface area (Å²) in [6.07, 6.45) is 3.68. The van der Waals surface area contributed by atoms with Crippen molar-refractivity contribution >= 4 is 11.9 Å². The predicted octanol–water partition coefficient (Wildman–Crippen LogP) is 0.349. The standard InChI is InChI=1S/C8H14N4O/c1-3-4-5-10-8(11-6-9)12-7(2)13/h3-5H2,1-2H3,(H2,10,11,12,13). The SMILES string of the molecule is CCCCN=C(NC#N)NC(C)=O. The van der Waals surface area contributed by atoms with E-state index in [0.29, 0.717) is 6.54 Å². The maximum Gasteiger partial charge on any atom is 0.223 e. The van der Waals surface area contributed by atoms with Crippen molar-refractivity contribution in [2.75, 3.05) is 6.54 Å². The van der Waals surface area contributed by atoms with Crippen LogP contribution in [0.4, 0.5) is 0 Å². The van der Waals surface area contributed by atoms with Crippen LogP contribution in [0.2, 0.25) is 0 Å². The fraction of sp³-hybridized carbons (Fsp3) is 0.625. The summed E-state index contributed by atoms with van der Waals surface area (Å²) < 4.78 is 0. The van der Waals surface area contributed by atoms with Crippen molar-refractivity contribution in [2.45, 2.75) is 26.7 Å². The summed E-state index contributed by atoms with van der Waals surface area (Å²) in [6.45, 7) is 4.03. The normalized spacial score (nSPS) is 10.4. The van der Waals surface area contributed by atoms with Gasteiger partial charge in [0.25, 0.3) is 0 Å². The Labute approximate surface area is 77.8 Å². The second kappa shape index (κ2) is 7.10. The number of carbonyl (C=O) groups excluding carboxylic acids is 1. The van der Waals surface area contributed by atoms with Crippen LogP contribution in [-0.4, -0.2) is 18.4 Å². The Morgan fingerprint density at radius 3 is 2.77 bits per heavy atom. The summed E-state index contributed by atoms with van der Waals surface area (Å²) in [4.78, 5) is 14.6. The molecular weight excluding hydrogens is 168 g/mol. The van der Waals surface area contributed by atoms with Gasteiger partial charge in [0.15, 0.2) is 6.19 Å². The molecule has 0 aromatic heterocycles. The molecular formula is C8H14N4O. The number of carbonyl (C=O) groups is 1. The Morgan fingerprint density at radius 2 is 2.31 bits per heavy atom. The molecule has 0 aromatic carbocycles. The highest BCUT2D eigenvalue weighted by atomic mass is 16.1. The Balaban J connectivity index is 4.00. The Hall–Kier alpha value is -1.57. The summed E-state index contributed by atoms with van der Waals surface area (Å²) in [5, 5.41) is 13.0. The number of guanidine groups is 1. The van der Waals surface area contributed by atoms with E-state index in [-0.39, 0.29) is 11.9 Å². The highest BCUT2D eigenvalue weighted by Gasteiger charge is 1.98. The van der Waals surface area contributed by atoms with Crippen LogP contribution in [0.5, 0.6) is 0 Å². The monoisotopic (exact) mass is 182 g/mol. The first kappa shape index (κ1) is 11.4. The molecule has 0 atom stereocenters. The summed E-state index contributed by atoms with van der Waals surface area (Å²) in [6, 6.07) is 0. The van der Waals surface area contributed by atoms with E-state index in [1.807, 2.05) is 6.92 Å². The smallest absolute Gasteiger partial charge is 0.223 e. The highest BCUT2D eigenvalue weighted by molar-refractivity contribution is 5.96. The van der Waals surface area contributed by atoms with E-state index < -0.39 is 0 Å². The number of rotatable bonds is 3. The summed E-state index contributed by atoms with van der Waals surface area (Å²) in [5.74, 6) is -0.0125. The molecule has 0 bridgehead atoms. The number of aliphatic imine (C=N–C) groups is 1. The fourth-order valence-electron chi connectivity index (χ4n) is 0.679. The lowest BCUT2D eigenvalue weighted by Gasteiger charge is -2.02. The molecule has 0 rings (SSSR count). The first-order chi connectivity index (χ1) is 6.20. The van der Waals surface area contributed by atoms with Crippen LogP contribution in [0, 0.1) is 11.5 Å². The van der Waals surface area contributed by atoms with Crippen molar-refractivity contribution < 1.29 is 4.79 Å². The quantitative estimate of drug-likeness (QED) is 0.217. The zero-order valence-corrected chi connectivity index (χ0v) is 7.92. The number of hydrogen-bond donors (Lipinski definition) is 2. The second-order valence-corrected chi connectivity index (χ2v) is 2.50. The average molecular weight is 182 g/mol. The molecule has 0 radical (unpaired) electrons. The molecule has 0 aliphatic carbocycles. The van der Waals surface area contributed by atoms with Gasteiger partial charge in [-0.15, -0.1) is 0 Å².